The Morgan fingerprint density at radius 2 is 1.85 bits per heavy atom. The van der Waals surface area contributed by atoms with E-state index >= 15 is 0 Å². The summed E-state index contributed by atoms with van der Waals surface area (Å²) in [6.45, 7) is 3.08. The molecule has 6 heteroatoms. The quantitative estimate of drug-likeness (QED) is 0.782. The van der Waals surface area contributed by atoms with Crippen molar-refractivity contribution in [2.24, 2.45) is 5.92 Å². The molecule has 1 aliphatic rings. The first-order chi connectivity index (χ1) is 9.37. The number of rotatable bonds is 5. The van der Waals surface area contributed by atoms with E-state index < -0.39 is 9.05 Å². The highest BCUT2D eigenvalue weighted by Crippen LogP contribution is 2.22. The number of carbonyl (C=O) groups excluding carboxylic acids is 1. The lowest BCUT2D eigenvalue weighted by Gasteiger charge is -2.16. The third kappa shape index (κ3) is 4.21. The van der Waals surface area contributed by atoms with E-state index in [1.54, 1.807) is 4.90 Å². The van der Waals surface area contributed by atoms with Gasteiger partial charge in [0.05, 0.1) is 5.75 Å². The van der Waals surface area contributed by atoms with E-state index in [2.05, 4.69) is 19.1 Å². The van der Waals surface area contributed by atoms with Gasteiger partial charge < -0.3 is 4.90 Å². The number of carbonyl (C=O) groups is 1. The van der Waals surface area contributed by atoms with Crippen LogP contribution in [0.2, 0.25) is 0 Å². The van der Waals surface area contributed by atoms with Crippen molar-refractivity contribution in [3.63, 3.8) is 0 Å². The van der Waals surface area contributed by atoms with E-state index in [1.807, 2.05) is 12.1 Å². The van der Waals surface area contributed by atoms with Crippen LogP contribution in [0.3, 0.4) is 0 Å². The number of halogens is 1. The van der Waals surface area contributed by atoms with Gasteiger partial charge in [-0.15, -0.1) is 0 Å². The summed E-state index contributed by atoms with van der Waals surface area (Å²) in [6.07, 6.45) is 1.25. The molecule has 110 valence electrons. The van der Waals surface area contributed by atoms with Gasteiger partial charge in [0.15, 0.2) is 0 Å². The number of hydrogen-bond donors (Lipinski definition) is 0. The Morgan fingerprint density at radius 1 is 1.25 bits per heavy atom. The molecule has 1 atom stereocenters. The monoisotopic (exact) mass is 315 g/mol. The van der Waals surface area contributed by atoms with Crippen LogP contribution in [0.5, 0.6) is 0 Å². The minimum atomic E-state index is -3.54. The average molecular weight is 316 g/mol. The Morgan fingerprint density at radius 3 is 2.40 bits per heavy atom. The first-order valence-corrected chi connectivity index (χ1v) is 9.13. The second kappa shape index (κ2) is 6.14. The van der Waals surface area contributed by atoms with E-state index in [-0.39, 0.29) is 24.0 Å². The second-order valence-electron chi connectivity index (χ2n) is 5.22. The van der Waals surface area contributed by atoms with Gasteiger partial charge in [0.25, 0.3) is 0 Å². The third-order valence-electron chi connectivity index (χ3n) is 3.53. The van der Waals surface area contributed by atoms with E-state index in [0.717, 1.165) is 12.0 Å². The summed E-state index contributed by atoms with van der Waals surface area (Å²) >= 11 is 0. The van der Waals surface area contributed by atoms with Gasteiger partial charge in [-0.25, -0.2) is 8.42 Å². The standard InChI is InChI=1S/C14H18ClNO3S/c1-2-11-3-5-12(6-4-11)8-16-9-13(7-14(16)17)10-20(15,18)19/h3-6,13H,2,7-10H2,1H3. The maximum Gasteiger partial charge on any atom is 0.232 e. The Labute approximate surface area is 124 Å². The normalized spacial score (nSPS) is 19.6. The number of aryl methyl sites for hydroxylation is 1. The fourth-order valence-corrected chi connectivity index (χ4v) is 3.82. The first-order valence-electron chi connectivity index (χ1n) is 6.65. The van der Waals surface area contributed by atoms with Crippen LogP contribution in [0.4, 0.5) is 0 Å². The van der Waals surface area contributed by atoms with Crippen LogP contribution in [0, 0.1) is 5.92 Å². The summed E-state index contributed by atoms with van der Waals surface area (Å²) in [5.74, 6) is -0.333. The molecule has 2 rings (SSSR count). The lowest BCUT2D eigenvalue weighted by molar-refractivity contribution is -0.128. The van der Waals surface area contributed by atoms with Crippen LogP contribution in [0.25, 0.3) is 0 Å². The highest BCUT2D eigenvalue weighted by Gasteiger charge is 2.32. The Hall–Kier alpha value is -1.07. The largest absolute Gasteiger partial charge is 0.338 e. The molecule has 0 bridgehead atoms. The van der Waals surface area contributed by atoms with Gasteiger partial charge in [-0.05, 0) is 17.5 Å². The second-order valence-corrected chi connectivity index (χ2v) is 8.04. The summed E-state index contributed by atoms with van der Waals surface area (Å²) in [5, 5.41) is 0. The van der Waals surface area contributed by atoms with Crippen molar-refractivity contribution in [2.45, 2.75) is 26.3 Å². The highest BCUT2D eigenvalue weighted by molar-refractivity contribution is 8.13. The maximum absolute atomic E-state index is 11.9. The summed E-state index contributed by atoms with van der Waals surface area (Å²) in [7, 11) is 1.70. The molecule has 0 N–H and O–H groups in total. The van der Waals surface area contributed by atoms with Crippen LogP contribution < -0.4 is 0 Å². The minimum absolute atomic E-state index is 0.00474. The fraction of sp³-hybridized carbons (Fsp3) is 0.500. The van der Waals surface area contributed by atoms with Crippen LogP contribution in [-0.2, 0) is 26.8 Å². The first kappa shape index (κ1) is 15.3. The molecule has 1 aromatic rings. The Bertz CT molecular complexity index is 583. The third-order valence-corrected chi connectivity index (χ3v) is 4.78. The zero-order valence-electron chi connectivity index (χ0n) is 11.4. The van der Waals surface area contributed by atoms with E-state index in [4.69, 9.17) is 10.7 Å². The summed E-state index contributed by atoms with van der Waals surface area (Å²) < 4.78 is 22.1. The molecule has 0 spiro atoms. The molecule has 4 nitrogen and oxygen atoms in total. The number of nitrogens with zero attached hydrogens (tertiary/aromatic N) is 1. The molecule has 0 saturated carbocycles. The topological polar surface area (TPSA) is 54.5 Å². The molecule has 0 radical (unpaired) electrons. The van der Waals surface area contributed by atoms with Gasteiger partial charge in [-0.1, -0.05) is 31.2 Å². The zero-order valence-corrected chi connectivity index (χ0v) is 13.0. The van der Waals surface area contributed by atoms with Crippen molar-refractivity contribution in [3.05, 3.63) is 35.4 Å². The molecule has 0 aromatic heterocycles. The number of amides is 1. The summed E-state index contributed by atoms with van der Waals surface area (Å²) in [5.41, 5.74) is 2.32. The van der Waals surface area contributed by atoms with Gasteiger partial charge >= 0.3 is 0 Å². The summed E-state index contributed by atoms with van der Waals surface area (Å²) in [6, 6.07) is 8.13. The minimum Gasteiger partial charge on any atom is -0.338 e. The molecule has 0 aliphatic carbocycles. The fourth-order valence-electron chi connectivity index (χ4n) is 2.50. The number of benzene rings is 1. The molecule has 1 amide bonds. The van der Waals surface area contributed by atoms with E-state index in [9.17, 15) is 13.2 Å². The average Bonchev–Trinajstić information content (AvgIpc) is 2.68. The van der Waals surface area contributed by atoms with Crippen molar-refractivity contribution in [1.29, 1.82) is 0 Å². The molecule has 1 fully saturated rings. The van der Waals surface area contributed by atoms with Gasteiger partial charge in [-0.2, -0.15) is 0 Å². The van der Waals surface area contributed by atoms with E-state index in [0.29, 0.717) is 13.1 Å². The van der Waals surface area contributed by atoms with Crippen molar-refractivity contribution < 1.29 is 13.2 Å². The predicted octanol–water partition coefficient (Wildman–Crippen LogP) is 2.17. The van der Waals surface area contributed by atoms with Crippen molar-refractivity contribution in [3.8, 4) is 0 Å². The van der Waals surface area contributed by atoms with Crippen LogP contribution in [0.15, 0.2) is 24.3 Å². The Balaban J connectivity index is 1.97. The SMILES string of the molecule is CCc1ccc(CN2CC(CS(=O)(=O)Cl)CC2=O)cc1. The zero-order chi connectivity index (χ0) is 14.8. The number of likely N-dealkylation sites (tertiary alicyclic amines) is 1. The number of hydrogen-bond acceptors (Lipinski definition) is 3. The van der Waals surface area contributed by atoms with E-state index in [1.165, 1.54) is 5.56 Å². The van der Waals surface area contributed by atoms with Gasteiger partial charge in [0, 0.05) is 36.1 Å². The lowest BCUT2D eigenvalue weighted by Crippen LogP contribution is -2.25. The van der Waals surface area contributed by atoms with Crippen molar-refractivity contribution in [1.82, 2.24) is 4.90 Å². The molecule has 1 unspecified atom stereocenters. The smallest absolute Gasteiger partial charge is 0.232 e. The van der Waals surface area contributed by atoms with Crippen LogP contribution in [-0.4, -0.2) is 31.5 Å². The highest BCUT2D eigenvalue weighted by atomic mass is 35.7. The Kier molecular flexibility index (Phi) is 4.70. The van der Waals surface area contributed by atoms with Gasteiger partial charge in [0.1, 0.15) is 0 Å². The van der Waals surface area contributed by atoms with Crippen LogP contribution in [0.1, 0.15) is 24.5 Å². The molecule has 1 aliphatic heterocycles. The maximum atomic E-state index is 11.9. The van der Waals surface area contributed by atoms with Crippen LogP contribution >= 0.6 is 10.7 Å². The summed E-state index contributed by atoms with van der Waals surface area (Å²) in [4.78, 5) is 13.6. The predicted molar refractivity (Wildman–Crippen MR) is 79.0 cm³/mol. The lowest BCUT2D eigenvalue weighted by atomic mass is 10.1. The van der Waals surface area contributed by atoms with Crippen molar-refractivity contribution in [2.75, 3.05) is 12.3 Å². The van der Waals surface area contributed by atoms with Gasteiger partial charge in [-0.3, -0.25) is 4.79 Å². The molecular formula is C14H18ClNO3S. The van der Waals surface area contributed by atoms with Crippen molar-refractivity contribution >= 4 is 25.6 Å². The van der Waals surface area contributed by atoms with Gasteiger partial charge in [0.2, 0.25) is 15.0 Å². The molecule has 1 saturated heterocycles. The molecular weight excluding hydrogens is 298 g/mol. The molecule has 20 heavy (non-hydrogen) atoms. The molecule has 1 heterocycles. The molecule has 1 aromatic carbocycles.